The number of carboxylic acid groups (broad SMARTS) is 1. The van der Waals surface area contributed by atoms with Gasteiger partial charge < -0.3 is 26.2 Å². The molecule has 0 saturated carbocycles. The fraction of sp³-hybridized carbons (Fsp3) is 0.526. The number of halogens is 2. The average Bonchev–Trinajstić information content (AvgIpc) is 2.70. The van der Waals surface area contributed by atoms with Crippen LogP contribution in [0, 0.1) is 5.92 Å². The number of carbonyl (C=O) groups is 3. The molecule has 5 N–H and O–H groups in total. The molecule has 1 aromatic carbocycles. The number of aliphatic carboxylic acids is 1. The minimum Gasteiger partial charge on any atom is -0.480 e. The van der Waals surface area contributed by atoms with Crippen LogP contribution in [0.2, 0.25) is 5.02 Å². The zero-order chi connectivity index (χ0) is 20.5. The lowest BCUT2D eigenvalue weighted by Crippen LogP contribution is -2.44. The number of amides is 2. The lowest BCUT2D eigenvalue weighted by molar-refractivity contribution is -0.143. The largest absolute Gasteiger partial charge is 0.480 e. The van der Waals surface area contributed by atoms with Crippen molar-refractivity contribution in [2.24, 2.45) is 5.92 Å². The van der Waals surface area contributed by atoms with Crippen molar-refractivity contribution in [3.63, 3.8) is 0 Å². The van der Waals surface area contributed by atoms with Gasteiger partial charge in [-0.05, 0) is 43.6 Å². The van der Waals surface area contributed by atoms with E-state index < -0.39 is 24.5 Å². The molecule has 2 rings (SSSR count). The third-order valence-electron chi connectivity index (χ3n) is 4.82. The first-order chi connectivity index (χ1) is 13.4. The van der Waals surface area contributed by atoms with Crippen molar-refractivity contribution in [2.75, 3.05) is 26.2 Å². The summed E-state index contributed by atoms with van der Waals surface area (Å²) in [5.41, 5.74) is 0.807. The van der Waals surface area contributed by atoms with Crippen LogP contribution in [0.15, 0.2) is 24.3 Å². The molecular weight excluding hydrogens is 421 g/mol. The number of aliphatic hydroxyl groups excluding tert-OH is 1. The van der Waals surface area contributed by atoms with Crippen LogP contribution in [0.25, 0.3) is 0 Å². The van der Waals surface area contributed by atoms with Gasteiger partial charge in [-0.25, -0.2) is 4.79 Å². The van der Waals surface area contributed by atoms with Crippen LogP contribution in [0.5, 0.6) is 0 Å². The highest BCUT2D eigenvalue weighted by Crippen LogP contribution is 2.22. The Hall–Kier alpha value is -1.87. The maximum absolute atomic E-state index is 12.4. The molecule has 0 bridgehead atoms. The molecule has 10 heteroatoms. The summed E-state index contributed by atoms with van der Waals surface area (Å²) in [6, 6.07) is 5.59. The van der Waals surface area contributed by atoms with E-state index in [0.717, 1.165) is 31.5 Å². The second kappa shape index (κ2) is 12.6. The van der Waals surface area contributed by atoms with Gasteiger partial charge in [0.25, 0.3) is 0 Å². The Morgan fingerprint density at radius 1 is 1.17 bits per heavy atom. The Balaban J connectivity index is 0.00000420. The normalized spacial score (nSPS) is 16.2. The second-order valence-electron chi connectivity index (χ2n) is 6.86. The predicted octanol–water partition coefficient (Wildman–Crippen LogP) is 0.913. The number of nitrogens with one attached hydrogen (secondary N) is 3. The number of carbonyl (C=O) groups excluding carboxylic acids is 2. The molecule has 1 aliphatic heterocycles. The Bertz CT molecular complexity index is 681. The number of benzene rings is 1. The van der Waals surface area contributed by atoms with E-state index in [0.29, 0.717) is 5.02 Å². The van der Waals surface area contributed by atoms with Gasteiger partial charge in [-0.3, -0.25) is 9.59 Å². The third kappa shape index (κ3) is 8.18. The first-order valence-electron chi connectivity index (χ1n) is 9.27. The summed E-state index contributed by atoms with van der Waals surface area (Å²) in [5, 5.41) is 27.0. The predicted molar refractivity (Wildman–Crippen MR) is 111 cm³/mol. The smallest absolute Gasteiger partial charge is 0.328 e. The Morgan fingerprint density at radius 3 is 2.34 bits per heavy atom. The van der Waals surface area contributed by atoms with Crippen molar-refractivity contribution in [3.05, 3.63) is 34.9 Å². The Labute approximate surface area is 180 Å². The minimum atomic E-state index is -1.36. The molecular formula is C19H27Cl2N3O5. The van der Waals surface area contributed by atoms with Crippen molar-refractivity contribution in [2.45, 2.75) is 31.2 Å². The van der Waals surface area contributed by atoms with Crippen LogP contribution < -0.4 is 16.0 Å². The molecule has 29 heavy (non-hydrogen) atoms. The topological polar surface area (TPSA) is 128 Å². The number of hydrogen-bond acceptors (Lipinski definition) is 5. The molecule has 0 aliphatic carbocycles. The van der Waals surface area contributed by atoms with Crippen LogP contribution in [0.3, 0.4) is 0 Å². The summed E-state index contributed by atoms with van der Waals surface area (Å²) in [7, 11) is 0. The SMILES string of the molecule is Cl.O=C(C[C@@H](CNC(=O)C1CCNCC1)c1ccc(Cl)cc1)N[C@@H](CO)C(=O)O. The summed E-state index contributed by atoms with van der Waals surface area (Å²) >= 11 is 5.93. The molecule has 1 fully saturated rings. The number of aliphatic hydroxyl groups is 1. The van der Waals surface area contributed by atoms with E-state index in [-0.39, 0.29) is 43.1 Å². The first kappa shape index (κ1) is 25.2. The van der Waals surface area contributed by atoms with Gasteiger partial charge in [0.1, 0.15) is 6.04 Å². The van der Waals surface area contributed by atoms with E-state index in [1.165, 1.54) is 0 Å². The van der Waals surface area contributed by atoms with E-state index in [9.17, 15) is 14.4 Å². The van der Waals surface area contributed by atoms with Crippen molar-refractivity contribution in [1.82, 2.24) is 16.0 Å². The zero-order valence-corrected chi connectivity index (χ0v) is 17.5. The van der Waals surface area contributed by atoms with Gasteiger partial charge in [0.05, 0.1) is 6.61 Å². The van der Waals surface area contributed by atoms with Gasteiger partial charge in [-0.15, -0.1) is 12.4 Å². The lowest BCUT2D eigenvalue weighted by Gasteiger charge is -2.24. The number of carboxylic acids is 1. The summed E-state index contributed by atoms with van der Waals surface area (Å²) < 4.78 is 0. The highest BCUT2D eigenvalue weighted by atomic mass is 35.5. The molecule has 0 radical (unpaired) electrons. The number of hydrogen-bond donors (Lipinski definition) is 5. The van der Waals surface area contributed by atoms with Gasteiger partial charge in [0, 0.05) is 29.8 Å². The maximum atomic E-state index is 12.4. The molecule has 1 aliphatic rings. The average molecular weight is 448 g/mol. The molecule has 8 nitrogen and oxygen atoms in total. The monoisotopic (exact) mass is 447 g/mol. The molecule has 1 heterocycles. The van der Waals surface area contributed by atoms with E-state index in [1.54, 1.807) is 24.3 Å². The van der Waals surface area contributed by atoms with E-state index >= 15 is 0 Å². The molecule has 0 unspecified atom stereocenters. The maximum Gasteiger partial charge on any atom is 0.328 e. The number of piperidine rings is 1. The Kier molecular flexibility index (Phi) is 11.0. The summed E-state index contributed by atoms with van der Waals surface area (Å²) in [4.78, 5) is 35.7. The van der Waals surface area contributed by atoms with Crippen LogP contribution in [0.4, 0.5) is 0 Å². The fourth-order valence-electron chi connectivity index (χ4n) is 3.16. The first-order valence-corrected chi connectivity index (χ1v) is 9.65. The van der Waals surface area contributed by atoms with Crippen molar-refractivity contribution < 1.29 is 24.6 Å². The number of rotatable bonds is 9. The van der Waals surface area contributed by atoms with Gasteiger partial charge in [-0.2, -0.15) is 0 Å². The van der Waals surface area contributed by atoms with Crippen molar-refractivity contribution in [3.8, 4) is 0 Å². The summed E-state index contributed by atoms with van der Waals surface area (Å²) in [5.74, 6) is -2.27. The quantitative estimate of drug-likeness (QED) is 0.382. The minimum absolute atomic E-state index is 0. The molecule has 0 spiro atoms. The van der Waals surface area contributed by atoms with Gasteiger partial charge in [0.15, 0.2) is 0 Å². The van der Waals surface area contributed by atoms with Crippen LogP contribution in [-0.4, -0.2) is 60.3 Å². The Morgan fingerprint density at radius 2 is 1.79 bits per heavy atom. The highest BCUT2D eigenvalue weighted by molar-refractivity contribution is 6.30. The van der Waals surface area contributed by atoms with Gasteiger partial charge in [-0.1, -0.05) is 23.7 Å². The third-order valence-corrected chi connectivity index (χ3v) is 5.07. The van der Waals surface area contributed by atoms with Crippen molar-refractivity contribution in [1.29, 1.82) is 0 Å². The molecule has 2 atom stereocenters. The van der Waals surface area contributed by atoms with Gasteiger partial charge >= 0.3 is 5.97 Å². The summed E-state index contributed by atoms with van der Waals surface area (Å²) in [6.07, 6.45) is 1.52. The molecule has 1 saturated heterocycles. The molecule has 162 valence electrons. The molecule has 2 amide bonds. The van der Waals surface area contributed by atoms with E-state index in [4.69, 9.17) is 21.8 Å². The summed E-state index contributed by atoms with van der Waals surface area (Å²) in [6.45, 7) is 1.16. The van der Waals surface area contributed by atoms with Crippen LogP contribution >= 0.6 is 24.0 Å². The highest BCUT2D eigenvalue weighted by Gasteiger charge is 2.25. The standard InChI is InChI=1S/C19H26ClN3O5.ClH/c20-15-3-1-12(2-4-15)14(9-17(25)23-16(11-24)19(27)28)10-22-18(26)13-5-7-21-8-6-13;/h1-4,13-14,16,21,24H,5-11H2,(H,22,26)(H,23,25)(H,27,28);1H/t14-,16-;/m0./s1. The van der Waals surface area contributed by atoms with Crippen LogP contribution in [-0.2, 0) is 14.4 Å². The lowest BCUT2D eigenvalue weighted by atomic mass is 9.93. The van der Waals surface area contributed by atoms with Crippen LogP contribution in [0.1, 0.15) is 30.7 Å². The van der Waals surface area contributed by atoms with Gasteiger partial charge in [0.2, 0.25) is 11.8 Å². The zero-order valence-electron chi connectivity index (χ0n) is 15.9. The van der Waals surface area contributed by atoms with E-state index in [2.05, 4.69) is 16.0 Å². The van der Waals surface area contributed by atoms with Crippen molar-refractivity contribution >= 4 is 41.8 Å². The molecule has 1 aromatic rings. The second-order valence-corrected chi connectivity index (χ2v) is 7.30. The van der Waals surface area contributed by atoms with E-state index in [1.807, 2.05) is 0 Å². The fourth-order valence-corrected chi connectivity index (χ4v) is 3.28. The molecule has 0 aromatic heterocycles.